The van der Waals surface area contributed by atoms with Gasteiger partial charge in [0.05, 0.1) is 6.04 Å². The van der Waals surface area contributed by atoms with Crippen LogP contribution in [0.15, 0.2) is 77.8 Å². The first-order chi connectivity index (χ1) is 16.5. The Labute approximate surface area is 224 Å². The standard InChI is InChI=1S/C29H25N2O2S.Pt/c1-29(2)16-15-18-7-3-4-11-22(18)26-27(29)34-28(31-26)20-9-5-10-21(17-20)33-24-14-13-19-8-6-12-23(32)25(19)30-24;/h3-14,26-27,32H,15-16H2,1-2H3;/q-1;/t26-,27-;/m0./s1. The van der Waals surface area contributed by atoms with Crippen molar-refractivity contribution in [3.8, 4) is 17.4 Å². The Morgan fingerprint density at radius 3 is 2.71 bits per heavy atom. The van der Waals surface area contributed by atoms with Gasteiger partial charge < -0.3 is 14.8 Å². The molecule has 6 heteroatoms. The zero-order valence-electron chi connectivity index (χ0n) is 19.5. The summed E-state index contributed by atoms with van der Waals surface area (Å²) in [5, 5.41) is 12.4. The van der Waals surface area contributed by atoms with Gasteiger partial charge in [0.15, 0.2) is 0 Å². The molecule has 1 aliphatic carbocycles. The van der Waals surface area contributed by atoms with Crippen molar-refractivity contribution in [2.45, 2.75) is 38.0 Å². The topological polar surface area (TPSA) is 54.7 Å². The molecule has 2 atom stereocenters. The molecule has 4 aromatic rings. The number of aromatic nitrogens is 1. The summed E-state index contributed by atoms with van der Waals surface area (Å²) in [5.41, 5.74) is 4.40. The van der Waals surface area contributed by atoms with Crippen LogP contribution in [-0.2, 0) is 27.5 Å². The van der Waals surface area contributed by atoms with E-state index in [1.54, 1.807) is 12.1 Å². The molecule has 180 valence electrons. The van der Waals surface area contributed by atoms with Crippen LogP contribution < -0.4 is 4.74 Å². The number of ether oxygens (including phenoxy) is 1. The maximum Gasteiger partial charge on any atom is 0.217 e. The number of benzene rings is 3. The van der Waals surface area contributed by atoms with E-state index in [1.165, 1.54) is 11.1 Å². The van der Waals surface area contributed by atoms with Gasteiger partial charge in [-0.3, -0.25) is 0 Å². The van der Waals surface area contributed by atoms with E-state index in [0.717, 1.165) is 28.8 Å². The van der Waals surface area contributed by atoms with Crippen LogP contribution in [0.25, 0.3) is 10.9 Å². The minimum atomic E-state index is 0. The van der Waals surface area contributed by atoms with Crippen LogP contribution in [0.1, 0.15) is 43.0 Å². The number of hydrogen-bond donors (Lipinski definition) is 1. The van der Waals surface area contributed by atoms with Crippen molar-refractivity contribution in [2.24, 2.45) is 10.4 Å². The van der Waals surface area contributed by atoms with Crippen molar-refractivity contribution in [1.82, 2.24) is 4.98 Å². The first kappa shape index (κ1) is 24.1. The molecule has 2 heterocycles. The van der Waals surface area contributed by atoms with Crippen molar-refractivity contribution in [1.29, 1.82) is 0 Å². The fourth-order valence-electron chi connectivity index (χ4n) is 4.93. The summed E-state index contributed by atoms with van der Waals surface area (Å²) in [6, 6.07) is 27.2. The number of phenolic OH excluding ortho intramolecular Hbond substituents is 1. The molecule has 2 aliphatic rings. The van der Waals surface area contributed by atoms with Gasteiger partial charge in [-0.05, 0) is 41.5 Å². The molecule has 0 saturated heterocycles. The maximum atomic E-state index is 10.1. The molecule has 0 radical (unpaired) electrons. The van der Waals surface area contributed by atoms with Gasteiger partial charge >= 0.3 is 0 Å². The number of para-hydroxylation sites is 1. The SMILES string of the molecule is CC1(C)CCc2ccccc2[C@@H]2N=C(c3[c-]c(Oc4ccc5cccc(O)c5n4)ccc3)S[C@@H]21.[Pt]. The van der Waals surface area contributed by atoms with Gasteiger partial charge in [0.1, 0.15) is 11.3 Å². The Balaban J connectivity index is 0.00000253. The van der Waals surface area contributed by atoms with Crippen molar-refractivity contribution >= 4 is 27.7 Å². The Kier molecular flexibility index (Phi) is 6.50. The summed E-state index contributed by atoms with van der Waals surface area (Å²) in [4.78, 5) is 9.70. The van der Waals surface area contributed by atoms with Crippen LogP contribution in [-0.4, -0.2) is 20.4 Å². The number of fused-ring (bicyclic) bond motifs is 4. The number of aromatic hydroxyl groups is 1. The van der Waals surface area contributed by atoms with E-state index in [0.29, 0.717) is 22.4 Å². The average Bonchev–Trinajstić information content (AvgIpc) is 3.27. The average molecular weight is 661 g/mol. The fourth-order valence-corrected chi connectivity index (χ4v) is 6.36. The maximum absolute atomic E-state index is 10.1. The van der Waals surface area contributed by atoms with Gasteiger partial charge in [0.2, 0.25) is 5.88 Å². The van der Waals surface area contributed by atoms with E-state index in [1.807, 2.05) is 48.2 Å². The predicted molar refractivity (Wildman–Crippen MR) is 138 cm³/mol. The Morgan fingerprint density at radius 1 is 1.00 bits per heavy atom. The molecule has 0 fully saturated rings. The molecular formula is C29H25N2O2PtS-. The third-order valence-electron chi connectivity index (χ3n) is 6.85. The second kappa shape index (κ2) is 9.44. The summed E-state index contributed by atoms with van der Waals surface area (Å²) in [5.74, 6) is 1.14. The molecule has 0 bridgehead atoms. The normalized spacial score (nSPS) is 20.2. The summed E-state index contributed by atoms with van der Waals surface area (Å²) in [7, 11) is 0. The van der Waals surface area contributed by atoms with Crippen LogP contribution in [0, 0.1) is 11.5 Å². The number of thioether (sulfide) groups is 1. The number of hydrogen-bond acceptors (Lipinski definition) is 5. The van der Waals surface area contributed by atoms with Gasteiger partial charge in [0.25, 0.3) is 0 Å². The van der Waals surface area contributed by atoms with Crippen LogP contribution in [0.5, 0.6) is 17.4 Å². The van der Waals surface area contributed by atoms with Crippen molar-refractivity contribution in [3.63, 3.8) is 0 Å². The predicted octanol–water partition coefficient (Wildman–Crippen LogP) is 7.11. The first-order valence-electron chi connectivity index (χ1n) is 11.6. The third kappa shape index (κ3) is 4.52. The molecule has 3 aromatic carbocycles. The summed E-state index contributed by atoms with van der Waals surface area (Å²) in [6.07, 6.45) is 2.25. The minimum absolute atomic E-state index is 0. The monoisotopic (exact) mass is 660 g/mol. The first-order valence-corrected chi connectivity index (χ1v) is 12.5. The molecule has 1 aromatic heterocycles. The number of phenols is 1. The molecule has 0 amide bonds. The second-order valence-electron chi connectivity index (χ2n) is 9.63. The molecule has 0 spiro atoms. The molecule has 0 unspecified atom stereocenters. The number of aliphatic imine (C=N–C) groups is 1. The van der Waals surface area contributed by atoms with Crippen LogP contribution in [0.2, 0.25) is 0 Å². The second-order valence-corrected chi connectivity index (χ2v) is 10.8. The van der Waals surface area contributed by atoms with Gasteiger partial charge in [-0.1, -0.05) is 56.3 Å². The quantitative estimate of drug-likeness (QED) is 0.238. The van der Waals surface area contributed by atoms with Crippen LogP contribution in [0.4, 0.5) is 0 Å². The molecule has 0 saturated carbocycles. The van der Waals surface area contributed by atoms with E-state index in [-0.39, 0.29) is 38.3 Å². The van der Waals surface area contributed by atoms with E-state index in [4.69, 9.17) is 9.73 Å². The molecule has 35 heavy (non-hydrogen) atoms. The third-order valence-corrected chi connectivity index (χ3v) is 8.55. The van der Waals surface area contributed by atoms with Crippen molar-refractivity contribution in [2.75, 3.05) is 0 Å². The largest absolute Gasteiger partial charge is 0.506 e. The van der Waals surface area contributed by atoms with E-state index in [2.05, 4.69) is 49.2 Å². The molecular weight excluding hydrogens is 635 g/mol. The zero-order valence-corrected chi connectivity index (χ0v) is 22.6. The van der Waals surface area contributed by atoms with Crippen LogP contribution in [0.3, 0.4) is 0 Å². The van der Waals surface area contributed by atoms with Crippen molar-refractivity contribution < 1.29 is 30.9 Å². The number of pyridine rings is 1. The molecule has 1 N–H and O–H groups in total. The minimum Gasteiger partial charge on any atom is -0.506 e. The zero-order chi connectivity index (χ0) is 23.3. The smallest absolute Gasteiger partial charge is 0.217 e. The number of nitrogens with zero attached hydrogens (tertiary/aromatic N) is 2. The number of aryl methyl sites for hydroxylation is 1. The Bertz CT molecular complexity index is 1440. The van der Waals surface area contributed by atoms with Gasteiger partial charge in [-0.25, -0.2) is 4.98 Å². The van der Waals surface area contributed by atoms with Crippen LogP contribution >= 0.6 is 11.8 Å². The Hall–Kier alpha value is -2.62. The fraction of sp³-hybridized carbons (Fsp3) is 0.241. The van der Waals surface area contributed by atoms with E-state index >= 15 is 0 Å². The number of rotatable bonds is 3. The molecule has 6 rings (SSSR count). The van der Waals surface area contributed by atoms with E-state index in [9.17, 15) is 5.11 Å². The Morgan fingerprint density at radius 2 is 1.83 bits per heavy atom. The summed E-state index contributed by atoms with van der Waals surface area (Å²) in [6.45, 7) is 4.73. The van der Waals surface area contributed by atoms with Crippen molar-refractivity contribution in [3.05, 3.63) is 95.6 Å². The van der Waals surface area contributed by atoms with Gasteiger partial charge in [0, 0.05) is 48.6 Å². The molecule has 1 aliphatic heterocycles. The summed E-state index contributed by atoms with van der Waals surface area (Å²) >= 11 is 1.86. The van der Waals surface area contributed by atoms with E-state index < -0.39 is 0 Å². The summed E-state index contributed by atoms with van der Waals surface area (Å²) < 4.78 is 6.04. The van der Waals surface area contributed by atoms with Gasteiger partial charge in [-0.2, -0.15) is 11.8 Å². The molecule has 4 nitrogen and oxygen atoms in total. The van der Waals surface area contributed by atoms with Gasteiger partial charge in [-0.15, -0.1) is 23.8 Å².